The second-order valence-electron chi connectivity index (χ2n) is 7.57. The summed E-state index contributed by atoms with van der Waals surface area (Å²) in [7, 11) is 0. The molecule has 1 aromatic carbocycles. The van der Waals surface area contributed by atoms with Gasteiger partial charge in [-0.3, -0.25) is 19.3 Å². The maximum Gasteiger partial charge on any atom is 0.406 e. The van der Waals surface area contributed by atoms with Crippen molar-refractivity contribution in [3.8, 4) is 0 Å². The number of thioether (sulfide) groups is 1. The lowest BCUT2D eigenvalue weighted by molar-refractivity contribution is -0.142. The number of imide groups is 1. The zero-order chi connectivity index (χ0) is 20.4. The van der Waals surface area contributed by atoms with Crippen molar-refractivity contribution < 1.29 is 27.6 Å². The number of halogens is 3. The molecule has 0 unspecified atom stereocenters. The maximum atomic E-state index is 12.9. The van der Waals surface area contributed by atoms with Crippen LogP contribution in [-0.2, 0) is 11.3 Å². The van der Waals surface area contributed by atoms with Gasteiger partial charge in [-0.2, -0.15) is 13.2 Å². The molecule has 1 aliphatic rings. The highest BCUT2D eigenvalue weighted by molar-refractivity contribution is 8.14. The topological polar surface area (TPSA) is 57.7 Å². The first-order valence-electron chi connectivity index (χ1n) is 8.28. The molecule has 1 fully saturated rings. The molecular weight excluding hydrogens is 381 g/mol. The third kappa shape index (κ3) is 6.27. The molecule has 148 valence electrons. The Morgan fingerprint density at radius 3 is 2.37 bits per heavy atom. The SMILES string of the molecule is CC(C)(C)CN(CC(F)(F)F)C(=O)c1cccc(CN2C(=O)CSC2=O)c1. The zero-order valence-corrected chi connectivity index (χ0v) is 16.1. The smallest absolute Gasteiger partial charge is 0.329 e. The average molecular weight is 402 g/mol. The normalized spacial score (nSPS) is 15.4. The highest BCUT2D eigenvalue weighted by Gasteiger charge is 2.35. The van der Waals surface area contributed by atoms with Crippen LogP contribution >= 0.6 is 11.8 Å². The summed E-state index contributed by atoms with van der Waals surface area (Å²) in [6.07, 6.45) is -4.51. The van der Waals surface area contributed by atoms with Crippen LogP contribution in [0, 0.1) is 5.41 Å². The largest absolute Gasteiger partial charge is 0.406 e. The Hall–Kier alpha value is -2.03. The van der Waals surface area contributed by atoms with Crippen molar-refractivity contribution in [2.45, 2.75) is 33.5 Å². The molecule has 2 rings (SSSR count). The summed E-state index contributed by atoms with van der Waals surface area (Å²) in [6.45, 7) is 3.85. The lowest BCUT2D eigenvalue weighted by atomic mass is 9.95. The van der Waals surface area contributed by atoms with E-state index in [0.29, 0.717) is 5.56 Å². The van der Waals surface area contributed by atoms with Gasteiger partial charge in [0.15, 0.2) is 0 Å². The Kier molecular flexibility index (Phi) is 6.24. The molecule has 1 saturated heterocycles. The number of benzene rings is 1. The Bertz CT molecular complexity index is 712. The molecule has 0 atom stereocenters. The standard InChI is InChI=1S/C18H21F3N2O3S/c1-17(2,3)10-22(11-18(19,20)21)15(25)13-6-4-5-12(7-13)8-23-14(24)9-27-16(23)26/h4-7H,8-11H2,1-3H3. The van der Waals surface area contributed by atoms with Crippen molar-refractivity contribution in [2.75, 3.05) is 18.8 Å². The minimum Gasteiger partial charge on any atom is -0.329 e. The van der Waals surface area contributed by atoms with E-state index >= 15 is 0 Å². The monoisotopic (exact) mass is 402 g/mol. The van der Waals surface area contributed by atoms with Gasteiger partial charge in [-0.15, -0.1) is 0 Å². The van der Waals surface area contributed by atoms with Crippen LogP contribution in [0.15, 0.2) is 24.3 Å². The fraction of sp³-hybridized carbons (Fsp3) is 0.500. The summed E-state index contributed by atoms with van der Waals surface area (Å²) >= 11 is 0.898. The molecular formula is C18H21F3N2O3S. The van der Waals surface area contributed by atoms with Gasteiger partial charge >= 0.3 is 6.18 Å². The molecule has 0 spiro atoms. The zero-order valence-electron chi connectivity index (χ0n) is 15.3. The van der Waals surface area contributed by atoms with Crippen molar-refractivity contribution in [3.05, 3.63) is 35.4 Å². The van der Waals surface area contributed by atoms with Crippen molar-refractivity contribution in [3.63, 3.8) is 0 Å². The van der Waals surface area contributed by atoms with Crippen molar-refractivity contribution in [1.82, 2.24) is 9.80 Å². The van der Waals surface area contributed by atoms with Crippen LogP contribution in [0.25, 0.3) is 0 Å². The summed E-state index contributed by atoms with van der Waals surface area (Å²) < 4.78 is 38.7. The van der Waals surface area contributed by atoms with Crippen molar-refractivity contribution in [2.24, 2.45) is 5.41 Å². The van der Waals surface area contributed by atoms with Crippen LogP contribution in [0.3, 0.4) is 0 Å². The number of nitrogens with zero attached hydrogens (tertiary/aromatic N) is 2. The van der Waals surface area contributed by atoms with Gasteiger partial charge in [0.2, 0.25) is 5.91 Å². The number of rotatable bonds is 5. The summed E-state index contributed by atoms with van der Waals surface area (Å²) in [5.74, 6) is -0.992. The van der Waals surface area contributed by atoms with Crippen LogP contribution in [0.4, 0.5) is 18.0 Å². The number of hydrogen-bond donors (Lipinski definition) is 0. The molecule has 5 nitrogen and oxygen atoms in total. The van der Waals surface area contributed by atoms with Gasteiger partial charge < -0.3 is 4.90 Å². The molecule has 1 aliphatic heterocycles. The average Bonchev–Trinajstić information content (AvgIpc) is 2.83. The van der Waals surface area contributed by atoms with Gasteiger partial charge in [0.1, 0.15) is 6.54 Å². The Balaban J connectivity index is 2.22. The Morgan fingerprint density at radius 2 is 1.85 bits per heavy atom. The van der Waals surface area contributed by atoms with Crippen molar-refractivity contribution >= 4 is 28.8 Å². The van der Waals surface area contributed by atoms with E-state index in [1.165, 1.54) is 18.2 Å². The van der Waals surface area contributed by atoms with E-state index in [0.717, 1.165) is 21.6 Å². The third-order valence-electron chi connectivity index (χ3n) is 3.68. The fourth-order valence-corrected chi connectivity index (χ4v) is 3.42. The lowest BCUT2D eigenvalue weighted by Gasteiger charge is -2.31. The number of amides is 3. The Labute approximate surface area is 159 Å². The predicted molar refractivity (Wildman–Crippen MR) is 96.3 cm³/mol. The van der Waals surface area contributed by atoms with Gasteiger partial charge in [-0.1, -0.05) is 44.7 Å². The van der Waals surface area contributed by atoms with E-state index in [4.69, 9.17) is 0 Å². The second kappa shape index (κ2) is 7.92. The van der Waals surface area contributed by atoms with Crippen molar-refractivity contribution in [1.29, 1.82) is 0 Å². The fourth-order valence-electron chi connectivity index (χ4n) is 2.69. The molecule has 0 bridgehead atoms. The molecule has 3 amide bonds. The molecule has 9 heteroatoms. The van der Waals surface area contributed by atoms with E-state index in [9.17, 15) is 27.6 Å². The van der Waals surface area contributed by atoms with E-state index in [1.54, 1.807) is 26.8 Å². The predicted octanol–water partition coefficient (Wildman–Crippen LogP) is 3.93. The summed E-state index contributed by atoms with van der Waals surface area (Å²) in [6, 6.07) is 6.01. The molecule has 0 radical (unpaired) electrons. The van der Waals surface area contributed by atoms with E-state index in [-0.39, 0.29) is 35.6 Å². The van der Waals surface area contributed by atoms with Gasteiger partial charge in [-0.05, 0) is 23.1 Å². The van der Waals surface area contributed by atoms with Gasteiger partial charge in [0.25, 0.3) is 11.1 Å². The summed E-state index contributed by atoms with van der Waals surface area (Å²) in [4.78, 5) is 37.9. The highest BCUT2D eigenvalue weighted by Crippen LogP contribution is 2.24. The van der Waals surface area contributed by atoms with Gasteiger partial charge in [0.05, 0.1) is 12.3 Å². The first kappa shape index (κ1) is 21.3. The first-order valence-corrected chi connectivity index (χ1v) is 9.26. The lowest BCUT2D eigenvalue weighted by Crippen LogP contribution is -2.43. The molecule has 0 saturated carbocycles. The van der Waals surface area contributed by atoms with Crippen LogP contribution in [0.2, 0.25) is 0 Å². The molecule has 1 aromatic rings. The molecule has 0 aromatic heterocycles. The number of hydrogen-bond acceptors (Lipinski definition) is 4. The maximum absolute atomic E-state index is 12.9. The molecule has 27 heavy (non-hydrogen) atoms. The third-order valence-corrected chi connectivity index (χ3v) is 4.54. The van der Waals surface area contributed by atoms with Crippen LogP contribution in [0.5, 0.6) is 0 Å². The summed E-state index contributed by atoms with van der Waals surface area (Å²) in [5, 5.41) is -0.372. The van der Waals surface area contributed by atoms with Crippen LogP contribution in [-0.4, -0.2) is 51.9 Å². The number of carbonyl (C=O) groups is 3. The number of carbonyl (C=O) groups excluding carboxylic acids is 3. The highest BCUT2D eigenvalue weighted by atomic mass is 32.2. The second-order valence-corrected chi connectivity index (χ2v) is 8.50. The van der Waals surface area contributed by atoms with Gasteiger partial charge in [-0.25, -0.2) is 0 Å². The van der Waals surface area contributed by atoms with Crippen LogP contribution < -0.4 is 0 Å². The molecule has 0 N–H and O–H groups in total. The quantitative estimate of drug-likeness (QED) is 0.749. The van der Waals surface area contributed by atoms with E-state index < -0.39 is 24.0 Å². The molecule has 1 heterocycles. The molecule has 0 aliphatic carbocycles. The number of alkyl halides is 3. The van der Waals surface area contributed by atoms with Crippen LogP contribution in [0.1, 0.15) is 36.7 Å². The summed E-state index contributed by atoms with van der Waals surface area (Å²) in [5.41, 5.74) is 0.0879. The van der Waals surface area contributed by atoms with Gasteiger partial charge in [0, 0.05) is 12.1 Å². The van der Waals surface area contributed by atoms with E-state index in [2.05, 4.69) is 0 Å². The minimum atomic E-state index is -4.51. The van der Waals surface area contributed by atoms with E-state index in [1.807, 2.05) is 0 Å². The Morgan fingerprint density at radius 1 is 1.19 bits per heavy atom. The minimum absolute atomic E-state index is 0.00959. The first-order chi connectivity index (χ1) is 12.4.